The van der Waals surface area contributed by atoms with Gasteiger partial charge in [-0.1, -0.05) is 6.92 Å². The van der Waals surface area contributed by atoms with Crippen LogP contribution in [0.4, 0.5) is 0 Å². The van der Waals surface area contributed by atoms with Crippen LogP contribution in [0.25, 0.3) is 0 Å². The SMILES string of the molecule is CCCOc1ccc(C(=O)N[C@H]2CCCCNC2=O)cc1OCC. The molecule has 1 heterocycles. The van der Waals surface area contributed by atoms with Crippen LogP contribution in [0.5, 0.6) is 11.5 Å². The van der Waals surface area contributed by atoms with Gasteiger partial charge < -0.3 is 20.1 Å². The first-order chi connectivity index (χ1) is 11.7. The van der Waals surface area contributed by atoms with E-state index in [4.69, 9.17) is 9.47 Å². The number of hydrogen-bond donors (Lipinski definition) is 2. The van der Waals surface area contributed by atoms with Crippen LogP contribution in [0.2, 0.25) is 0 Å². The van der Waals surface area contributed by atoms with Crippen LogP contribution in [0.1, 0.15) is 49.9 Å². The third kappa shape index (κ3) is 4.88. The third-order valence-corrected chi connectivity index (χ3v) is 3.81. The maximum absolute atomic E-state index is 12.5. The first kappa shape index (κ1) is 18.1. The number of carbonyl (C=O) groups excluding carboxylic acids is 2. The van der Waals surface area contributed by atoms with E-state index in [9.17, 15) is 9.59 Å². The molecule has 2 amide bonds. The predicted molar refractivity (Wildman–Crippen MR) is 91.5 cm³/mol. The molecule has 1 aliphatic rings. The molecule has 1 saturated heterocycles. The molecule has 0 radical (unpaired) electrons. The van der Waals surface area contributed by atoms with E-state index in [-0.39, 0.29) is 11.8 Å². The van der Waals surface area contributed by atoms with E-state index >= 15 is 0 Å². The minimum absolute atomic E-state index is 0.117. The first-order valence-electron chi connectivity index (χ1n) is 8.64. The van der Waals surface area contributed by atoms with Crippen LogP contribution in [0.3, 0.4) is 0 Å². The van der Waals surface area contributed by atoms with Crippen molar-refractivity contribution >= 4 is 11.8 Å². The van der Waals surface area contributed by atoms with Crippen LogP contribution in [-0.2, 0) is 4.79 Å². The minimum Gasteiger partial charge on any atom is -0.490 e. The molecular weight excluding hydrogens is 308 g/mol. The normalized spacial score (nSPS) is 17.6. The zero-order valence-corrected chi connectivity index (χ0v) is 14.4. The highest BCUT2D eigenvalue weighted by molar-refractivity contribution is 5.98. The maximum atomic E-state index is 12.5. The van der Waals surface area contributed by atoms with Gasteiger partial charge in [0.2, 0.25) is 5.91 Å². The second-order valence-electron chi connectivity index (χ2n) is 5.76. The summed E-state index contributed by atoms with van der Waals surface area (Å²) in [6.07, 6.45) is 3.41. The first-order valence-corrected chi connectivity index (χ1v) is 8.64. The lowest BCUT2D eigenvalue weighted by molar-refractivity contribution is -0.122. The number of amides is 2. The Balaban J connectivity index is 2.10. The summed E-state index contributed by atoms with van der Waals surface area (Å²) in [5.41, 5.74) is 0.458. The van der Waals surface area contributed by atoms with Gasteiger partial charge in [0, 0.05) is 12.1 Å². The molecule has 1 aromatic carbocycles. The van der Waals surface area contributed by atoms with Crippen molar-refractivity contribution < 1.29 is 19.1 Å². The average molecular weight is 334 g/mol. The molecule has 0 aliphatic carbocycles. The van der Waals surface area contributed by atoms with Crippen LogP contribution in [0, 0.1) is 0 Å². The van der Waals surface area contributed by atoms with Crippen molar-refractivity contribution in [1.82, 2.24) is 10.6 Å². The Labute approximate surface area is 142 Å². The molecule has 0 unspecified atom stereocenters. The quantitative estimate of drug-likeness (QED) is 0.802. The lowest BCUT2D eigenvalue weighted by atomic mass is 10.1. The molecule has 0 bridgehead atoms. The summed E-state index contributed by atoms with van der Waals surface area (Å²) in [5.74, 6) is 0.778. The molecule has 0 aromatic heterocycles. The van der Waals surface area contributed by atoms with E-state index in [0.29, 0.717) is 43.2 Å². The van der Waals surface area contributed by atoms with Gasteiger partial charge in [-0.2, -0.15) is 0 Å². The van der Waals surface area contributed by atoms with Gasteiger partial charge in [-0.3, -0.25) is 9.59 Å². The van der Waals surface area contributed by atoms with Gasteiger partial charge in [-0.25, -0.2) is 0 Å². The Hall–Kier alpha value is -2.24. The molecule has 6 nitrogen and oxygen atoms in total. The minimum atomic E-state index is -0.480. The van der Waals surface area contributed by atoms with Crippen molar-refractivity contribution in [2.75, 3.05) is 19.8 Å². The van der Waals surface area contributed by atoms with Crippen LogP contribution >= 0.6 is 0 Å². The Morgan fingerprint density at radius 3 is 2.83 bits per heavy atom. The van der Waals surface area contributed by atoms with Crippen molar-refractivity contribution in [2.24, 2.45) is 0 Å². The molecule has 132 valence electrons. The van der Waals surface area contributed by atoms with Gasteiger partial charge in [0.1, 0.15) is 6.04 Å². The number of hydrogen-bond acceptors (Lipinski definition) is 4. The fourth-order valence-corrected chi connectivity index (χ4v) is 2.57. The molecule has 0 saturated carbocycles. The largest absolute Gasteiger partial charge is 0.490 e. The second-order valence-corrected chi connectivity index (χ2v) is 5.76. The molecule has 0 spiro atoms. The lowest BCUT2D eigenvalue weighted by Crippen LogP contribution is -2.45. The Morgan fingerprint density at radius 2 is 2.08 bits per heavy atom. The highest BCUT2D eigenvalue weighted by atomic mass is 16.5. The third-order valence-electron chi connectivity index (χ3n) is 3.81. The van der Waals surface area contributed by atoms with Gasteiger partial charge in [0.05, 0.1) is 13.2 Å². The summed E-state index contributed by atoms with van der Waals surface area (Å²) in [6, 6.07) is 4.62. The summed E-state index contributed by atoms with van der Waals surface area (Å²) in [4.78, 5) is 24.4. The summed E-state index contributed by atoms with van der Waals surface area (Å²) in [5, 5.41) is 5.63. The van der Waals surface area contributed by atoms with E-state index in [1.807, 2.05) is 13.8 Å². The highest BCUT2D eigenvalue weighted by Crippen LogP contribution is 2.28. The fraction of sp³-hybridized carbons (Fsp3) is 0.556. The number of carbonyl (C=O) groups is 2. The summed E-state index contributed by atoms with van der Waals surface area (Å²) in [6.45, 7) is 5.65. The van der Waals surface area contributed by atoms with Crippen molar-refractivity contribution in [2.45, 2.75) is 45.6 Å². The van der Waals surface area contributed by atoms with Crippen LogP contribution < -0.4 is 20.1 Å². The zero-order chi connectivity index (χ0) is 17.4. The van der Waals surface area contributed by atoms with Gasteiger partial charge >= 0.3 is 0 Å². The topological polar surface area (TPSA) is 76.7 Å². The zero-order valence-electron chi connectivity index (χ0n) is 14.4. The maximum Gasteiger partial charge on any atom is 0.252 e. The van der Waals surface area contributed by atoms with E-state index < -0.39 is 6.04 Å². The standard InChI is InChI=1S/C18H26N2O4/c1-3-11-24-15-9-8-13(12-16(15)23-4-2)17(21)20-14-7-5-6-10-19-18(14)22/h8-9,12,14H,3-7,10-11H2,1-2H3,(H,19,22)(H,20,21)/t14-/m0/s1. The number of benzene rings is 1. The molecular formula is C18H26N2O4. The van der Waals surface area contributed by atoms with Crippen LogP contribution in [-0.4, -0.2) is 37.6 Å². The molecule has 6 heteroatoms. The molecule has 1 aromatic rings. The summed E-state index contributed by atoms with van der Waals surface area (Å²) < 4.78 is 11.2. The fourth-order valence-electron chi connectivity index (χ4n) is 2.57. The Bertz CT molecular complexity index is 574. The van der Waals surface area contributed by atoms with Crippen molar-refractivity contribution in [3.8, 4) is 11.5 Å². The van der Waals surface area contributed by atoms with Gasteiger partial charge in [-0.05, 0) is 50.8 Å². The van der Waals surface area contributed by atoms with E-state index in [0.717, 1.165) is 19.3 Å². The van der Waals surface area contributed by atoms with Gasteiger partial charge in [-0.15, -0.1) is 0 Å². The molecule has 1 aliphatic heterocycles. The Morgan fingerprint density at radius 1 is 1.25 bits per heavy atom. The van der Waals surface area contributed by atoms with E-state index in [1.54, 1.807) is 18.2 Å². The van der Waals surface area contributed by atoms with Crippen molar-refractivity contribution in [1.29, 1.82) is 0 Å². The predicted octanol–water partition coefficient (Wildman–Crippen LogP) is 2.27. The molecule has 2 N–H and O–H groups in total. The van der Waals surface area contributed by atoms with Gasteiger partial charge in [0.15, 0.2) is 11.5 Å². The monoisotopic (exact) mass is 334 g/mol. The summed E-state index contributed by atoms with van der Waals surface area (Å²) in [7, 11) is 0. The van der Waals surface area contributed by atoms with Crippen LogP contribution in [0.15, 0.2) is 18.2 Å². The number of ether oxygens (including phenoxy) is 2. The smallest absolute Gasteiger partial charge is 0.252 e. The summed E-state index contributed by atoms with van der Waals surface area (Å²) >= 11 is 0. The lowest BCUT2D eigenvalue weighted by Gasteiger charge is -2.16. The number of nitrogens with one attached hydrogen (secondary N) is 2. The molecule has 2 rings (SSSR count). The molecule has 1 fully saturated rings. The molecule has 24 heavy (non-hydrogen) atoms. The van der Waals surface area contributed by atoms with Crippen molar-refractivity contribution in [3.63, 3.8) is 0 Å². The van der Waals surface area contributed by atoms with Gasteiger partial charge in [0.25, 0.3) is 5.91 Å². The van der Waals surface area contributed by atoms with E-state index in [2.05, 4.69) is 10.6 Å². The van der Waals surface area contributed by atoms with E-state index in [1.165, 1.54) is 0 Å². The Kier molecular flexibility index (Phi) is 6.90. The van der Waals surface area contributed by atoms with Crippen molar-refractivity contribution in [3.05, 3.63) is 23.8 Å². The second kappa shape index (κ2) is 9.15. The average Bonchev–Trinajstić information content (AvgIpc) is 2.78. The molecule has 1 atom stereocenters. The number of rotatable bonds is 7. The highest BCUT2D eigenvalue weighted by Gasteiger charge is 2.23.